The van der Waals surface area contributed by atoms with Gasteiger partial charge in [0.25, 0.3) is 0 Å². The fraction of sp³-hybridized carbons (Fsp3) is 0.258. The van der Waals surface area contributed by atoms with Gasteiger partial charge >= 0.3 is 0 Å². The van der Waals surface area contributed by atoms with Crippen LogP contribution < -0.4 is 4.74 Å². The number of hydrogen-bond acceptors (Lipinski definition) is 7. The molecule has 0 aliphatic heterocycles. The third-order valence-corrected chi connectivity index (χ3v) is 12.5. The van der Waals surface area contributed by atoms with Crippen molar-refractivity contribution >= 4 is 55.9 Å². The lowest BCUT2D eigenvalue weighted by Gasteiger charge is -2.31. The molecule has 2 aliphatic rings. The number of fused-ring (bicyclic) bond motifs is 2. The molecule has 0 radical (unpaired) electrons. The summed E-state index contributed by atoms with van der Waals surface area (Å²) in [5, 5.41) is 23.3. The molecule has 8 rings (SSSR count). The number of ketones is 2. The minimum absolute atomic E-state index is 0.0698. The molecule has 0 unspecified atom stereocenters. The second-order valence-electron chi connectivity index (χ2n) is 22.0. The molecule has 6 aromatic rings. The van der Waals surface area contributed by atoms with E-state index >= 15 is 0 Å². The summed E-state index contributed by atoms with van der Waals surface area (Å²) in [6.45, 7) is 24.9. The fourth-order valence-corrected chi connectivity index (χ4v) is 8.71. The van der Waals surface area contributed by atoms with E-state index in [2.05, 4.69) is 83.1 Å². The van der Waals surface area contributed by atoms with Gasteiger partial charge in [-0.3, -0.25) is 9.59 Å². The quantitative estimate of drug-likeness (QED) is 0.142. The Morgan fingerprint density at radius 3 is 0.957 bits per heavy atom. The number of ether oxygens (including phenoxy) is 1. The summed E-state index contributed by atoms with van der Waals surface area (Å²) in [4.78, 5) is 27.8. The molecular weight excluding hydrogens is 849 g/mol. The first-order chi connectivity index (χ1) is 32.6. The summed E-state index contributed by atoms with van der Waals surface area (Å²) in [6.07, 6.45) is 7.96. The minimum Gasteiger partial charge on any atom is -0.456 e. The van der Waals surface area contributed by atoms with Gasteiger partial charge in [-0.1, -0.05) is 192 Å². The highest BCUT2D eigenvalue weighted by Crippen LogP contribution is 2.45. The molecule has 7 heteroatoms. The molecule has 0 fully saturated rings. The van der Waals surface area contributed by atoms with Gasteiger partial charge in [-0.2, -0.15) is 0 Å². The first-order valence-electron chi connectivity index (χ1n) is 23.7. The van der Waals surface area contributed by atoms with Gasteiger partial charge in [0.05, 0.1) is 11.4 Å². The molecule has 0 atom stereocenters. The predicted molar refractivity (Wildman–Crippen MR) is 284 cm³/mol. The normalized spacial score (nSPS) is 15.2. The van der Waals surface area contributed by atoms with E-state index in [1.165, 1.54) is 0 Å². The molecular formula is C62H62N4O3. The van der Waals surface area contributed by atoms with Crippen LogP contribution in [0.4, 0.5) is 11.4 Å². The van der Waals surface area contributed by atoms with Crippen LogP contribution in [0.1, 0.15) is 94.2 Å². The smallest absolute Gasteiger partial charge is 0.186 e. The summed E-state index contributed by atoms with van der Waals surface area (Å²) in [5.41, 5.74) is 7.68. The Morgan fingerprint density at radius 2 is 0.652 bits per heavy atom. The van der Waals surface area contributed by atoms with Crippen LogP contribution in [0.2, 0.25) is 0 Å². The molecule has 7 nitrogen and oxygen atoms in total. The number of carbonyl (C=O) groups is 2. The van der Waals surface area contributed by atoms with E-state index in [0.717, 1.165) is 66.1 Å². The lowest BCUT2D eigenvalue weighted by molar-refractivity contribution is -0.114. The van der Waals surface area contributed by atoms with Crippen LogP contribution in [0.25, 0.3) is 32.9 Å². The van der Waals surface area contributed by atoms with Crippen molar-refractivity contribution in [2.75, 3.05) is 0 Å². The molecule has 0 bridgehead atoms. The van der Waals surface area contributed by atoms with Crippen molar-refractivity contribution in [2.45, 2.75) is 83.1 Å². The number of benzene rings is 6. The van der Waals surface area contributed by atoms with Gasteiger partial charge in [0.15, 0.2) is 11.6 Å². The third kappa shape index (κ3) is 10.2. The Morgan fingerprint density at radius 1 is 0.362 bits per heavy atom. The second-order valence-corrected chi connectivity index (χ2v) is 22.0. The fourth-order valence-electron chi connectivity index (χ4n) is 8.71. The number of azo groups is 2. The Labute approximate surface area is 407 Å². The lowest BCUT2D eigenvalue weighted by Crippen LogP contribution is -2.28. The Bertz CT molecular complexity index is 2980. The van der Waals surface area contributed by atoms with E-state index in [1.807, 2.05) is 158 Å². The Hall–Kier alpha value is -7.38. The van der Waals surface area contributed by atoms with Crippen LogP contribution in [0.3, 0.4) is 0 Å². The molecule has 6 aromatic carbocycles. The van der Waals surface area contributed by atoms with Crippen LogP contribution in [-0.2, 0) is 9.59 Å². The molecule has 0 N–H and O–H groups in total. The second kappa shape index (κ2) is 18.6. The van der Waals surface area contributed by atoms with Crippen molar-refractivity contribution in [2.24, 2.45) is 42.1 Å². The van der Waals surface area contributed by atoms with E-state index in [0.29, 0.717) is 34.3 Å². The third-order valence-electron chi connectivity index (χ3n) is 12.5. The van der Waals surface area contributed by atoms with Crippen LogP contribution in [0, 0.1) is 21.7 Å². The van der Waals surface area contributed by atoms with Gasteiger partial charge < -0.3 is 4.74 Å². The van der Waals surface area contributed by atoms with E-state index in [9.17, 15) is 9.59 Å². The highest BCUT2D eigenvalue weighted by atomic mass is 16.5. The van der Waals surface area contributed by atoms with Crippen molar-refractivity contribution in [3.05, 3.63) is 202 Å². The van der Waals surface area contributed by atoms with Gasteiger partial charge in [-0.25, -0.2) is 0 Å². The Balaban J connectivity index is 1.19. The van der Waals surface area contributed by atoms with E-state index in [-0.39, 0.29) is 33.2 Å². The average Bonchev–Trinajstić information content (AvgIpc) is 3.30. The van der Waals surface area contributed by atoms with Crippen LogP contribution in [-0.4, -0.2) is 11.6 Å². The van der Waals surface area contributed by atoms with Gasteiger partial charge in [0.2, 0.25) is 0 Å². The Kier molecular flexibility index (Phi) is 13.0. The van der Waals surface area contributed by atoms with Gasteiger partial charge in [0, 0.05) is 66.1 Å². The van der Waals surface area contributed by atoms with Crippen molar-refractivity contribution in [3.8, 4) is 11.5 Å². The number of carbonyl (C=O) groups excluding carboxylic acids is 2. The maximum atomic E-state index is 13.9. The monoisotopic (exact) mass is 910 g/mol. The SMILES string of the molecule is CC(C)(C)C1=CC(=C(N=Nc2ccc(Oc3ccc(N=NC(=C4C=C(C(C)(C)C)C(=O)C(C(C)(C)C)=C4)c4ccccc4)c4ccccc34)c3ccccc23)c2ccccc2)C=C(C(C)(C)C)C1=O. The highest BCUT2D eigenvalue weighted by Gasteiger charge is 2.36. The largest absolute Gasteiger partial charge is 0.456 e. The first-order valence-corrected chi connectivity index (χ1v) is 23.7. The van der Waals surface area contributed by atoms with Crippen molar-refractivity contribution in [1.82, 2.24) is 0 Å². The molecule has 69 heavy (non-hydrogen) atoms. The molecule has 0 amide bonds. The molecule has 0 saturated carbocycles. The van der Waals surface area contributed by atoms with Crippen molar-refractivity contribution in [3.63, 3.8) is 0 Å². The average molecular weight is 911 g/mol. The summed E-state index contributed by atoms with van der Waals surface area (Å²) in [6, 6.07) is 43.9. The summed E-state index contributed by atoms with van der Waals surface area (Å²) in [7, 11) is 0. The molecule has 0 heterocycles. The number of rotatable bonds is 8. The highest BCUT2D eigenvalue weighted by molar-refractivity contribution is 6.13. The van der Waals surface area contributed by atoms with Crippen LogP contribution in [0.5, 0.6) is 11.5 Å². The van der Waals surface area contributed by atoms with Crippen LogP contribution in [0.15, 0.2) is 212 Å². The van der Waals surface area contributed by atoms with Gasteiger partial charge in [-0.15, -0.1) is 20.5 Å². The summed E-state index contributed by atoms with van der Waals surface area (Å²) >= 11 is 0. The predicted octanol–water partition coefficient (Wildman–Crippen LogP) is 17.8. The minimum atomic E-state index is -0.376. The number of nitrogens with zero attached hydrogens (tertiary/aromatic N) is 4. The van der Waals surface area contributed by atoms with E-state index in [4.69, 9.17) is 25.2 Å². The summed E-state index contributed by atoms with van der Waals surface area (Å²) < 4.78 is 6.83. The van der Waals surface area contributed by atoms with Crippen molar-refractivity contribution in [1.29, 1.82) is 0 Å². The zero-order chi connectivity index (χ0) is 49.5. The first kappa shape index (κ1) is 48.1. The molecule has 348 valence electrons. The molecule has 0 aromatic heterocycles. The van der Waals surface area contributed by atoms with E-state index < -0.39 is 0 Å². The maximum Gasteiger partial charge on any atom is 0.186 e. The summed E-state index contributed by atoms with van der Waals surface area (Å²) in [5.74, 6) is 1.47. The standard InChI is InChI=1S/C62H62N4O3/c1-59(2,3)47-35-41(36-48(57(47)67)60(4,5)6)55(39-23-15-13-16-24-39)65-63-51-31-33-53(45-29-21-19-27-43(45)51)69-54-34-32-52(44-28-20-22-30-46(44)54)64-66-56(40-25-17-14-18-26-40)42-37-49(61(7,8)9)58(68)50(38-42)62(10,11)12/h13-38H,1-12H3. The van der Waals surface area contributed by atoms with E-state index in [1.54, 1.807) is 0 Å². The maximum absolute atomic E-state index is 13.9. The molecule has 0 spiro atoms. The number of hydrogen-bond donors (Lipinski definition) is 0. The van der Waals surface area contributed by atoms with Gasteiger partial charge in [-0.05, 0) is 70.2 Å². The number of allylic oxidation sites excluding steroid dienone is 10. The molecule has 0 saturated heterocycles. The van der Waals surface area contributed by atoms with Crippen molar-refractivity contribution < 1.29 is 14.3 Å². The zero-order valence-corrected chi connectivity index (χ0v) is 42.0. The molecule has 2 aliphatic carbocycles. The lowest BCUT2D eigenvalue weighted by atomic mass is 9.71. The zero-order valence-electron chi connectivity index (χ0n) is 42.0. The number of Topliss-reactive ketones (excluding diaryl/α,β-unsaturated/α-hetero) is 2. The topological polar surface area (TPSA) is 92.8 Å². The van der Waals surface area contributed by atoms with Gasteiger partial charge in [0.1, 0.15) is 22.9 Å². The van der Waals surface area contributed by atoms with Crippen LogP contribution >= 0.6 is 0 Å².